The molecule has 0 spiro atoms. The monoisotopic (exact) mass is 517 g/mol. The lowest BCUT2D eigenvalue weighted by Gasteiger charge is -2.21. The third-order valence-corrected chi connectivity index (χ3v) is 5.19. The van der Waals surface area contributed by atoms with Crippen molar-refractivity contribution in [1.82, 2.24) is 25.4 Å². The van der Waals surface area contributed by atoms with E-state index in [-0.39, 0.29) is 35.7 Å². The number of aryl methyl sites for hydroxylation is 1. The van der Waals surface area contributed by atoms with Crippen molar-refractivity contribution in [3.63, 3.8) is 0 Å². The minimum Gasteiger partial charge on any atom is -0.365 e. The average Bonchev–Trinajstić information content (AvgIpc) is 3.38. The number of hydrogen-bond acceptors (Lipinski definition) is 4. The zero-order valence-corrected chi connectivity index (χ0v) is 18.7. The summed E-state index contributed by atoms with van der Waals surface area (Å²) in [5, 5.41) is 15.1. The van der Waals surface area contributed by atoms with Crippen LogP contribution in [0.5, 0.6) is 0 Å². The predicted octanol–water partition coefficient (Wildman–Crippen LogP) is 2.45. The van der Waals surface area contributed by atoms with Gasteiger partial charge in [0.2, 0.25) is 0 Å². The molecule has 4 rings (SSSR count). The van der Waals surface area contributed by atoms with Gasteiger partial charge in [0.1, 0.15) is 29.7 Å². The number of para-hydroxylation sites is 1. The standard InChI is InChI=1S/C19H25F2N7.HI/c1-2-22-19(23-11-17-26-25-16-7-4-9-28(16)17)24-13-8-10-27(12-13)18-14(20)5-3-6-15(18)21;/h3,5-6,13H,2,4,7-12H2,1H3,(H2,22,23,24);1H. The van der Waals surface area contributed by atoms with E-state index in [1.54, 1.807) is 4.90 Å². The second-order valence-corrected chi connectivity index (χ2v) is 7.13. The Morgan fingerprint density at radius 2 is 2.03 bits per heavy atom. The Balaban J connectivity index is 0.00000240. The highest BCUT2D eigenvalue weighted by atomic mass is 127. The molecule has 2 aromatic rings. The number of fused-ring (bicyclic) bond motifs is 1. The molecule has 1 saturated heterocycles. The van der Waals surface area contributed by atoms with E-state index in [9.17, 15) is 8.78 Å². The first-order valence-corrected chi connectivity index (χ1v) is 9.80. The summed E-state index contributed by atoms with van der Waals surface area (Å²) in [6.45, 7) is 5.22. The minimum absolute atomic E-state index is 0. The zero-order valence-electron chi connectivity index (χ0n) is 16.4. The normalized spacial score (nSPS) is 18.5. The first kappa shape index (κ1) is 21.7. The maximum Gasteiger partial charge on any atom is 0.191 e. The Kier molecular flexibility index (Phi) is 7.25. The third-order valence-electron chi connectivity index (χ3n) is 5.19. The van der Waals surface area contributed by atoms with Gasteiger partial charge in [-0.3, -0.25) is 0 Å². The van der Waals surface area contributed by atoms with Gasteiger partial charge in [0, 0.05) is 38.6 Å². The fourth-order valence-electron chi connectivity index (χ4n) is 3.86. The molecule has 158 valence electrons. The zero-order chi connectivity index (χ0) is 19.5. The van der Waals surface area contributed by atoms with Crippen LogP contribution >= 0.6 is 24.0 Å². The van der Waals surface area contributed by atoms with E-state index in [4.69, 9.17) is 0 Å². The summed E-state index contributed by atoms with van der Waals surface area (Å²) in [4.78, 5) is 6.38. The number of rotatable bonds is 5. The lowest BCUT2D eigenvalue weighted by molar-refractivity contribution is 0.576. The summed E-state index contributed by atoms with van der Waals surface area (Å²) in [6, 6.07) is 4.03. The molecule has 1 aromatic carbocycles. The Morgan fingerprint density at radius 3 is 2.79 bits per heavy atom. The molecule has 1 aromatic heterocycles. The highest BCUT2D eigenvalue weighted by molar-refractivity contribution is 14.0. The van der Waals surface area contributed by atoms with Crippen LogP contribution in [-0.2, 0) is 19.5 Å². The van der Waals surface area contributed by atoms with Crippen molar-refractivity contribution in [2.24, 2.45) is 4.99 Å². The highest BCUT2D eigenvalue weighted by Gasteiger charge is 2.27. The molecule has 0 radical (unpaired) electrons. The van der Waals surface area contributed by atoms with Gasteiger partial charge in [0.05, 0.1) is 0 Å². The summed E-state index contributed by atoms with van der Waals surface area (Å²) >= 11 is 0. The lowest BCUT2D eigenvalue weighted by Crippen LogP contribution is -2.44. The number of aliphatic imine (C=N–C) groups is 1. The van der Waals surface area contributed by atoms with Gasteiger partial charge in [-0.05, 0) is 31.9 Å². The van der Waals surface area contributed by atoms with Crippen molar-refractivity contribution in [1.29, 1.82) is 0 Å². The number of halogens is 3. The van der Waals surface area contributed by atoms with Gasteiger partial charge in [0.15, 0.2) is 11.8 Å². The number of guanidine groups is 1. The SMILES string of the molecule is CCNC(=NCc1nnc2n1CCC2)NC1CCN(c2c(F)cccc2F)C1.I. The number of aromatic nitrogens is 3. The molecular weight excluding hydrogens is 491 g/mol. The van der Waals surface area contributed by atoms with Crippen LogP contribution in [0, 0.1) is 11.6 Å². The Morgan fingerprint density at radius 1 is 1.24 bits per heavy atom. The van der Waals surface area contributed by atoms with Crippen molar-refractivity contribution in [3.05, 3.63) is 41.5 Å². The van der Waals surface area contributed by atoms with Crippen molar-refractivity contribution >= 4 is 35.6 Å². The first-order valence-electron chi connectivity index (χ1n) is 9.80. The van der Waals surface area contributed by atoms with E-state index in [0.717, 1.165) is 44.0 Å². The summed E-state index contributed by atoms with van der Waals surface area (Å²) in [5.41, 5.74) is 0.0489. The first-order chi connectivity index (χ1) is 13.7. The number of nitrogens with zero attached hydrogens (tertiary/aromatic N) is 5. The molecule has 2 aliphatic rings. The van der Waals surface area contributed by atoms with E-state index in [1.807, 2.05) is 6.92 Å². The van der Waals surface area contributed by atoms with Gasteiger partial charge in [-0.15, -0.1) is 34.2 Å². The van der Waals surface area contributed by atoms with Crippen LogP contribution in [0.2, 0.25) is 0 Å². The Labute approximate surface area is 186 Å². The second kappa shape index (κ2) is 9.68. The molecule has 0 saturated carbocycles. The quantitative estimate of drug-likeness (QED) is 0.363. The lowest BCUT2D eigenvalue weighted by atomic mass is 10.2. The number of anilines is 1. The van der Waals surface area contributed by atoms with Gasteiger partial charge in [0.25, 0.3) is 0 Å². The molecule has 7 nitrogen and oxygen atoms in total. The van der Waals surface area contributed by atoms with E-state index in [0.29, 0.717) is 25.6 Å². The number of nitrogens with one attached hydrogen (secondary N) is 2. The largest absolute Gasteiger partial charge is 0.365 e. The third kappa shape index (κ3) is 4.78. The highest BCUT2D eigenvalue weighted by Crippen LogP contribution is 2.26. The van der Waals surface area contributed by atoms with Gasteiger partial charge < -0.3 is 20.1 Å². The molecule has 10 heteroatoms. The molecular formula is C19H26F2IN7. The fourth-order valence-corrected chi connectivity index (χ4v) is 3.86. The van der Waals surface area contributed by atoms with Crippen LogP contribution in [0.4, 0.5) is 14.5 Å². The second-order valence-electron chi connectivity index (χ2n) is 7.13. The molecule has 1 fully saturated rings. The van der Waals surface area contributed by atoms with Crippen LogP contribution in [0.25, 0.3) is 0 Å². The molecule has 1 atom stereocenters. The molecule has 1 unspecified atom stereocenters. The van der Waals surface area contributed by atoms with E-state index in [2.05, 4.69) is 30.4 Å². The molecule has 0 amide bonds. The summed E-state index contributed by atoms with van der Waals surface area (Å²) in [7, 11) is 0. The fraction of sp³-hybridized carbons (Fsp3) is 0.526. The van der Waals surface area contributed by atoms with Gasteiger partial charge in [-0.2, -0.15) is 0 Å². The number of hydrogen-bond donors (Lipinski definition) is 2. The van der Waals surface area contributed by atoms with Gasteiger partial charge in [-0.1, -0.05) is 6.07 Å². The molecule has 0 aliphatic carbocycles. The van der Waals surface area contributed by atoms with Crippen molar-refractivity contribution < 1.29 is 8.78 Å². The average molecular weight is 517 g/mol. The summed E-state index contributed by atoms with van der Waals surface area (Å²) in [5.74, 6) is 1.52. The summed E-state index contributed by atoms with van der Waals surface area (Å²) in [6.07, 6.45) is 2.85. The van der Waals surface area contributed by atoms with Crippen LogP contribution in [0.15, 0.2) is 23.2 Å². The van der Waals surface area contributed by atoms with Gasteiger partial charge in [-0.25, -0.2) is 13.8 Å². The maximum absolute atomic E-state index is 14.0. The van der Waals surface area contributed by atoms with Crippen molar-refractivity contribution in [2.45, 2.75) is 45.3 Å². The maximum atomic E-state index is 14.0. The molecule has 2 N–H and O–H groups in total. The van der Waals surface area contributed by atoms with Gasteiger partial charge >= 0.3 is 0 Å². The number of benzene rings is 1. The van der Waals surface area contributed by atoms with Crippen LogP contribution in [0.1, 0.15) is 31.4 Å². The molecule has 3 heterocycles. The minimum atomic E-state index is -0.526. The molecule has 0 bridgehead atoms. The van der Waals surface area contributed by atoms with E-state index in [1.165, 1.54) is 18.2 Å². The summed E-state index contributed by atoms with van der Waals surface area (Å²) < 4.78 is 30.2. The van der Waals surface area contributed by atoms with Crippen LogP contribution in [-0.4, -0.2) is 46.4 Å². The molecule has 2 aliphatic heterocycles. The van der Waals surface area contributed by atoms with Crippen molar-refractivity contribution in [3.8, 4) is 0 Å². The van der Waals surface area contributed by atoms with Crippen LogP contribution < -0.4 is 15.5 Å². The van der Waals surface area contributed by atoms with Crippen molar-refractivity contribution in [2.75, 3.05) is 24.5 Å². The smallest absolute Gasteiger partial charge is 0.191 e. The van der Waals surface area contributed by atoms with E-state index >= 15 is 0 Å². The topological polar surface area (TPSA) is 70.4 Å². The Bertz CT molecular complexity index is 850. The van der Waals surface area contributed by atoms with Crippen LogP contribution in [0.3, 0.4) is 0 Å². The Hall–Kier alpha value is -1.98. The predicted molar refractivity (Wildman–Crippen MR) is 119 cm³/mol. The van der Waals surface area contributed by atoms with E-state index < -0.39 is 11.6 Å². The molecule has 29 heavy (non-hydrogen) atoms.